The highest BCUT2D eigenvalue weighted by molar-refractivity contribution is 5.68. The second-order valence-corrected chi connectivity index (χ2v) is 4.31. The van der Waals surface area contributed by atoms with Crippen LogP contribution in [0.15, 0.2) is 0 Å². The van der Waals surface area contributed by atoms with Crippen LogP contribution in [0.25, 0.3) is 0 Å². The number of carbonyl (C=O) groups excluding carboxylic acids is 1. The normalized spacial score (nSPS) is 27.9. The molecule has 14 heavy (non-hydrogen) atoms. The van der Waals surface area contributed by atoms with Crippen LogP contribution in [-0.4, -0.2) is 36.2 Å². The van der Waals surface area contributed by atoms with Gasteiger partial charge in [-0.2, -0.15) is 0 Å². The van der Waals surface area contributed by atoms with Crippen molar-refractivity contribution in [3.63, 3.8) is 0 Å². The molecular formula is C10H20N2O2. The lowest BCUT2D eigenvalue weighted by atomic mass is 9.95. The second kappa shape index (κ2) is 4.64. The third kappa shape index (κ3) is 2.87. The minimum atomic E-state index is -0.234. The Morgan fingerprint density at radius 1 is 1.57 bits per heavy atom. The first-order chi connectivity index (χ1) is 6.50. The molecule has 1 aliphatic rings. The van der Waals surface area contributed by atoms with Crippen LogP contribution >= 0.6 is 0 Å². The topological polar surface area (TPSA) is 55.6 Å². The number of ether oxygens (including phenoxy) is 1. The van der Waals surface area contributed by atoms with Gasteiger partial charge in [-0.1, -0.05) is 6.92 Å². The molecule has 4 heteroatoms. The summed E-state index contributed by atoms with van der Waals surface area (Å²) in [6, 6.07) is 0.0865. The first-order valence-electron chi connectivity index (χ1n) is 5.22. The number of piperidine rings is 1. The molecule has 1 heterocycles. The number of hydrogen-bond acceptors (Lipinski definition) is 3. The Kier molecular flexibility index (Phi) is 3.75. The number of carbonyl (C=O) groups is 1. The molecule has 0 aromatic carbocycles. The molecule has 1 aliphatic heterocycles. The maximum atomic E-state index is 11.5. The molecule has 1 saturated heterocycles. The molecule has 0 aliphatic carbocycles. The zero-order valence-electron chi connectivity index (χ0n) is 9.19. The molecule has 82 valence electrons. The highest BCUT2D eigenvalue weighted by atomic mass is 16.6. The number of hydrogen-bond donors (Lipinski definition) is 1. The molecule has 1 amide bonds. The van der Waals surface area contributed by atoms with Gasteiger partial charge in [0.1, 0.15) is 0 Å². The summed E-state index contributed by atoms with van der Waals surface area (Å²) in [6.07, 6.45) is 0.675. The maximum Gasteiger partial charge on any atom is 0.410 e. The number of amides is 1. The van der Waals surface area contributed by atoms with E-state index in [2.05, 4.69) is 6.92 Å². The average molecular weight is 200 g/mol. The lowest BCUT2D eigenvalue weighted by molar-refractivity contribution is 0.0625. The molecule has 0 radical (unpaired) electrons. The summed E-state index contributed by atoms with van der Waals surface area (Å²) in [5, 5.41) is 0. The van der Waals surface area contributed by atoms with E-state index in [1.54, 1.807) is 4.90 Å². The highest BCUT2D eigenvalue weighted by Gasteiger charge is 2.27. The van der Waals surface area contributed by atoms with Gasteiger partial charge in [0.05, 0.1) is 6.10 Å². The quantitative estimate of drug-likeness (QED) is 0.692. The van der Waals surface area contributed by atoms with Gasteiger partial charge in [-0.15, -0.1) is 0 Å². The molecule has 0 spiro atoms. The van der Waals surface area contributed by atoms with Crippen molar-refractivity contribution in [1.29, 1.82) is 0 Å². The Morgan fingerprint density at radius 2 is 2.21 bits per heavy atom. The highest BCUT2D eigenvalue weighted by Crippen LogP contribution is 2.16. The molecule has 2 unspecified atom stereocenters. The van der Waals surface area contributed by atoms with Gasteiger partial charge in [-0.25, -0.2) is 4.79 Å². The van der Waals surface area contributed by atoms with Gasteiger partial charge in [0.2, 0.25) is 0 Å². The number of nitrogens with zero attached hydrogens (tertiary/aromatic N) is 1. The smallest absolute Gasteiger partial charge is 0.410 e. The molecule has 4 nitrogen and oxygen atoms in total. The fourth-order valence-electron chi connectivity index (χ4n) is 1.54. The lowest BCUT2D eigenvalue weighted by Gasteiger charge is -2.34. The summed E-state index contributed by atoms with van der Waals surface area (Å²) in [7, 11) is 0. The lowest BCUT2D eigenvalue weighted by Crippen LogP contribution is -2.50. The van der Waals surface area contributed by atoms with Crippen LogP contribution in [0.1, 0.15) is 27.2 Å². The largest absolute Gasteiger partial charge is 0.447 e. The first-order valence-corrected chi connectivity index (χ1v) is 5.22. The van der Waals surface area contributed by atoms with Gasteiger partial charge in [0.15, 0.2) is 0 Å². The summed E-state index contributed by atoms with van der Waals surface area (Å²) >= 11 is 0. The Bertz CT molecular complexity index is 206. The third-order valence-electron chi connectivity index (χ3n) is 2.61. The predicted molar refractivity (Wildman–Crippen MR) is 54.9 cm³/mol. The summed E-state index contributed by atoms with van der Waals surface area (Å²) in [5.74, 6) is 0.498. The fraction of sp³-hybridized carbons (Fsp3) is 0.900. The first kappa shape index (κ1) is 11.3. The molecule has 0 aromatic heterocycles. The SMILES string of the molecule is CC(C)OC(=O)N1CCC(C)C(N)C1. The van der Waals surface area contributed by atoms with Crippen LogP contribution in [-0.2, 0) is 4.74 Å². The molecule has 1 fully saturated rings. The summed E-state index contributed by atoms with van der Waals surface area (Å²) < 4.78 is 5.10. The molecule has 1 rings (SSSR count). The molecule has 0 bridgehead atoms. The van der Waals surface area contributed by atoms with Gasteiger partial charge in [0, 0.05) is 19.1 Å². The van der Waals surface area contributed by atoms with E-state index in [-0.39, 0.29) is 18.2 Å². The van der Waals surface area contributed by atoms with E-state index in [4.69, 9.17) is 10.5 Å². The third-order valence-corrected chi connectivity index (χ3v) is 2.61. The van der Waals surface area contributed by atoms with Crippen LogP contribution in [0.3, 0.4) is 0 Å². The predicted octanol–water partition coefficient (Wildman–Crippen LogP) is 1.20. The summed E-state index contributed by atoms with van der Waals surface area (Å²) in [4.78, 5) is 13.2. The summed E-state index contributed by atoms with van der Waals surface area (Å²) in [6.45, 7) is 7.21. The van der Waals surface area contributed by atoms with E-state index in [9.17, 15) is 4.79 Å². The second-order valence-electron chi connectivity index (χ2n) is 4.31. The Hall–Kier alpha value is -0.770. The van der Waals surface area contributed by atoms with E-state index < -0.39 is 0 Å². The van der Waals surface area contributed by atoms with Crippen molar-refractivity contribution in [3.8, 4) is 0 Å². The van der Waals surface area contributed by atoms with Crippen molar-refractivity contribution in [3.05, 3.63) is 0 Å². The van der Waals surface area contributed by atoms with Gasteiger partial charge in [0.25, 0.3) is 0 Å². The van der Waals surface area contributed by atoms with Crippen LogP contribution < -0.4 is 5.73 Å². The zero-order valence-corrected chi connectivity index (χ0v) is 9.19. The van der Waals surface area contributed by atoms with Gasteiger partial charge >= 0.3 is 6.09 Å². The van der Waals surface area contributed by atoms with E-state index in [0.717, 1.165) is 13.0 Å². The van der Waals surface area contributed by atoms with E-state index in [1.807, 2.05) is 13.8 Å². The Morgan fingerprint density at radius 3 is 2.71 bits per heavy atom. The standard InChI is InChI=1S/C10H20N2O2/c1-7(2)14-10(13)12-5-4-8(3)9(11)6-12/h7-9H,4-6,11H2,1-3H3. The Balaban J connectivity index is 2.42. The van der Waals surface area contributed by atoms with Crippen molar-refractivity contribution < 1.29 is 9.53 Å². The fourth-order valence-corrected chi connectivity index (χ4v) is 1.54. The van der Waals surface area contributed by atoms with E-state index in [1.165, 1.54) is 0 Å². The van der Waals surface area contributed by atoms with Crippen molar-refractivity contribution >= 4 is 6.09 Å². The minimum Gasteiger partial charge on any atom is -0.447 e. The van der Waals surface area contributed by atoms with Crippen LogP contribution in [0.2, 0.25) is 0 Å². The monoisotopic (exact) mass is 200 g/mol. The van der Waals surface area contributed by atoms with Crippen molar-refractivity contribution in [2.45, 2.75) is 39.3 Å². The van der Waals surface area contributed by atoms with Crippen LogP contribution in [0.4, 0.5) is 4.79 Å². The van der Waals surface area contributed by atoms with Gasteiger partial charge in [-0.05, 0) is 26.2 Å². The van der Waals surface area contributed by atoms with Crippen LogP contribution in [0, 0.1) is 5.92 Å². The number of rotatable bonds is 1. The van der Waals surface area contributed by atoms with Crippen molar-refractivity contribution in [2.24, 2.45) is 11.7 Å². The minimum absolute atomic E-state index is 0.0573. The molecular weight excluding hydrogens is 180 g/mol. The average Bonchev–Trinajstić information content (AvgIpc) is 2.08. The molecule has 0 aromatic rings. The van der Waals surface area contributed by atoms with Crippen molar-refractivity contribution in [2.75, 3.05) is 13.1 Å². The summed E-state index contributed by atoms with van der Waals surface area (Å²) in [5.41, 5.74) is 5.89. The number of nitrogens with two attached hydrogens (primary N) is 1. The number of likely N-dealkylation sites (tertiary alicyclic amines) is 1. The molecule has 2 atom stereocenters. The molecule has 2 N–H and O–H groups in total. The van der Waals surface area contributed by atoms with Crippen molar-refractivity contribution in [1.82, 2.24) is 4.90 Å². The van der Waals surface area contributed by atoms with E-state index >= 15 is 0 Å². The van der Waals surface area contributed by atoms with Gasteiger partial charge < -0.3 is 15.4 Å². The maximum absolute atomic E-state index is 11.5. The Labute approximate surface area is 85.4 Å². The van der Waals surface area contributed by atoms with Crippen LogP contribution in [0.5, 0.6) is 0 Å². The molecule has 0 saturated carbocycles. The van der Waals surface area contributed by atoms with Gasteiger partial charge in [-0.3, -0.25) is 0 Å². The van der Waals surface area contributed by atoms with E-state index in [0.29, 0.717) is 12.5 Å². The zero-order chi connectivity index (χ0) is 10.7.